The number of nitrogens with zero attached hydrogens (tertiary/aromatic N) is 1. The molecule has 1 aliphatic heterocycles. The molecular weight excluding hydrogens is 372 g/mol. The number of nitrogens with one attached hydrogen (secondary N) is 1. The average Bonchev–Trinajstić information content (AvgIpc) is 2.94. The Morgan fingerprint density at radius 1 is 1.07 bits per heavy atom. The molecule has 156 valence electrons. The Kier molecular flexibility index (Phi) is 6.05. The number of imide groups is 1. The van der Waals surface area contributed by atoms with Gasteiger partial charge < -0.3 is 10.1 Å². The number of likely N-dealkylation sites (tertiary alicyclic amines) is 1. The number of aryl methyl sites for hydroxylation is 2. The van der Waals surface area contributed by atoms with Crippen LogP contribution in [0.3, 0.4) is 0 Å². The highest BCUT2D eigenvalue weighted by molar-refractivity contribution is 6.08. The summed E-state index contributed by atoms with van der Waals surface area (Å²) in [6, 6.07) is 4.63. The van der Waals surface area contributed by atoms with E-state index in [1.54, 1.807) is 0 Å². The van der Waals surface area contributed by atoms with Crippen LogP contribution in [-0.2, 0) is 23.9 Å². The molecule has 7 heteroatoms. The monoisotopic (exact) mass is 400 g/mol. The Labute approximate surface area is 170 Å². The molecule has 1 saturated heterocycles. The number of anilines is 1. The SMILES string of the molecule is Cc1ccc(C)c(NC(=O)[C@H](C)OC(=O)[C@H](C)N2C(=O)[C@H]3CCCC[C@@H]3C2=O)c1. The molecule has 7 nitrogen and oxygen atoms in total. The van der Waals surface area contributed by atoms with Crippen molar-refractivity contribution in [3.05, 3.63) is 29.3 Å². The number of fused-ring (bicyclic) bond motifs is 1. The molecule has 1 aromatic carbocycles. The zero-order valence-electron chi connectivity index (χ0n) is 17.4. The summed E-state index contributed by atoms with van der Waals surface area (Å²) < 4.78 is 5.28. The molecule has 0 unspecified atom stereocenters. The molecule has 2 aliphatic rings. The second-order valence-electron chi connectivity index (χ2n) is 8.11. The summed E-state index contributed by atoms with van der Waals surface area (Å²) >= 11 is 0. The van der Waals surface area contributed by atoms with Gasteiger partial charge in [0.2, 0.25) is 11.8 Å². The van der Waals surface area contributed by atoms with E-state index in [4.69, 9.17) is 4.74 Å². The largest absolute Gasteiger partial charge is 0.451 e. The van der Waals surface area contributed by atoms with Crippen molar-refractivity contribution in [2.45, 2.75) is 65.5 Å². The maximum Gasteiger partial charge on any atom is 0.329 e. The smallest absolute Gasteiger partial charge is 0.329 e. The lowest BCUT2D eigenvalue weighted by atomic mass is 9.81. The molecule has 0 aromatic heterocycles. The first-order chi connectivity index (χ1) is 13.7. The first-order valence-corrected chi connectivity index (χ1v) is 10.2. The van der Waals surface area contributed by atoms with Crippen molar-refractivity contribution in [3.63, 3.8) is 0 Å². The van der Waals surface area contributed by atoms with Gasteiger partial charge in [0.1, 0.15) is 6.04 Å². The minimum atomic E-state index is -1.06. The van der Waals surface area contributed by atoms with Crippen LogP contribution < -0.4 is 5.32 Å². The molecule has 0 spiro atoms. The Balaban J connectivity index is 1.63. The van der Waals surface area contributed by atoms with Crippen LogP contribution in [0.1, 0.15) is 50.7 Å². The zero-order valence-corrected chi connectivity index (χ0v) is 17.4. The van der Waals surface area contributed by atoms with Crippen molar-refractivity contribution in [1.29, 1.82) is 0 Å². The van der Waals surface area contributed by atoms with E-state index in [1.807, 2.05) is 32.0 Å². The molecule has 1 aliphatic carbocycles. The van der Waals surface area contributed by atoms with Crippen molar-refractivity contribution in [2.75, 3.05) is 5.32 Å². The maximum absolute atomic E-state index is 12.6. The highest BCUT2D eigenvalue weighted by atomic mass is 16.5. The summed E-state index contributed by atoms with van der Waals surface area (Å²) in [6.07, 6.45) is 2.15. The minimum absolute atomic E-state index is 0.295. The van der Waals surface area contributed by atoms with E-state index in [0.717, 1.165) is 28.9 Å². The predicted octanol–water partition coefficient (Wildman–Crippen LogP) is 2.74. The number of carbonyl (C=O) groups excluding carboxylic acids is 4. The van der Waals surface area contributed by atoms with Crippen LogP contribution in [0, 0.1) is 25.7 Å². The van der Waals surface area contributed by atoms with E-state index in [2.05, 4.69) is 5.32 Å². The molecule has 0 radical (unpaired) electrons. The van der Waals surface area contributed by atoms with E-state index in [1.165, 1.54) is 13.8 Å². The van der Waals surface area contributed by atoms with Gasteiger partial charge in [-0.2, -0.15) is 0 Å². The minimum Gasteiger partial charge on any atom is -0.451 e. The quantitative estimate of drug-likeness (QED) is 0.606. The highest BCUT2D eigenvalue weighted by Gasteiger charge is 2.51. The van der Waals surface area contributed by atoms with Crippen molar-refractivity contribution in [1.82, 2.24) is 4.90 Å². The summed E-state index contributed by atoms with van der Waals surface area (Å²) in [5.41, 5.74) is 2.54. The molecule has 4 atom stereocenters. The van der Waals surface area contributed by atoms with Gasteiger partial charge >= 0.3 is 5.97 Å². The molecule has 29 heavy (non-hydrogen) atoms. The molecule has 1 heterocycles. The lowest BCUT2D eigenvalue weighted by Crippen LogP contribution is -2.46. The van der Waals surface area contributed by atoms with Crippen molar-refractivity contribution < 1.29 is 23.9 Å². The topological polar surface area (TPSA) is 92.8 Å². The number of ether oxygens (including phenoxy) is 1. The molecule has 3 rings (SSSR count). The Hall–Kier alpha value is -2.70. The average molecular weight is 400 g/mol. The van der Waals surface area contributed by atoms with Crippen LogP contribution in [0.25, 0.3) is 0 Å². The van der Waals surface area contributed by atoms with Crippen LogP contribution in [0.15, 0.2) is 18.2 Å². The van der Waals surface area contributed by atoms with Gasteiger partial charge in [-0.15, -0.1) is 0 Å². The summed E-state index contributed by atoms with van der Waals surface area (Å²) in [5.74, 6) is -2.46. The van der Waals surface area contributed by atoms with E-state index in [-0.39, 0.29) is 23.7 Å². The summed E-state index contributed by atoms with van der Waals surface area (Å²) in [6.45, 7) is 6.74. The molecule has 0 bridgehead atoms. The molecule has 1 N–H and O–H groups in total. The molecule has 3 amide bonds. The van der Waals surface area contributed by atoms with Crippen molar-refractivity contribution in [2.24, 2.45) is 11.8 Å². The summed E-state index contributed by atoms with van der Waals surface area (Å²) in [4.78, 5) is 51.3. The Bertz CT molecular complexity index is 826. The van der Waals surface area contributed by atoms with E-state index in [0.29, 0.717) is 18.5 Å². The second-order valence-corrected chi connectivity index (χ2v) is 8.11. The Morgan fingerprint density at radius 2 is 1.66 bits per heavy atom. The number of carbonyl (C=O) groups is 4. The van der Waals surface area contributed by atoms with Crippen LogP contribution in [-0.4, -0.2) is 40.7 Å². The van der Waals surface area contributed by atoms with Crippen LogP contribution in [0.4, 0.5) is 5.69 Å². The van der Waals surface area contributed by atoms with Gasteiger partial charge in [-0.3, -0.25) is 19.3 Å². The lowest BCUT2D eigenvalue weighted by Gasteiger charge is -2.23. The zero-order chi connectivity index (χ0) is 21.3. The van der Waals surface area contributed by atoms with Crippen molar-refractivity contribution in [3.8, 4) is 0 Å². The first kappa shape index (κ1) is 21.0. The number of hydrogen-bond acceptors (Lipinski definition) is 5. The summed E-state index contributed by atoms with van der Waals surface area (Å²) in [5, 5.41) is 2.76. The number of benzene rings is 1. The fourth-order valence-electron chi connectivity index (χ4n) is 4.11. The maximum atomic E-state index is 12.6. The third-order valence-corrected chi connectivity index (χ3v) is 5.92. The first-order valence-electron chi connectivity index (χ1n) is 10.2. The fourth-order valence-corrected chi connectivity index (χ4v) is 4.11. The molecule has 1 aromatic rings. The lowest BCUT2D eigenvalue weighted by molar-refractivity contribution is -0.163. The van der Waals surface area contributed by atoms with Gasteiger partial charge in [0, 0.05) is 5.69 Å². The van der Waals surface area contributed by atoms with E-state index < -0.39 is 24.0 Å². The van der Waals surface area contributed by atoms with Gasteiger partial charge in [0.15, 0.2) is 6.10 Å². The molecule has 2 fully saturated rings. The van der Waals surface area contributed by atoms with Gasteiger partial charge in [0.25, 0.3) is 5.91 Å². The number of esters is 1. The Morgan fingerprint density at radius 3 is 2.24 bits per heavy atom. The number of amides is 3. The van der Waals surface area contributed by atoms with E-state index in [9.17, 15) is 19.2 Å². The normalized spacial score (nSPS) is 23.4. The van der Waals surface area contributed by atoms with Gasteiger partial charge in [-0.1, -0.05) is 25.0 Å². The van der Waals surface area contributed by atoms with Gasteiger partial charge in [0.05, 0.1) is 11.8 Å². The van der Waals surface area contributed by atoms with Crippen molar-refractivity contribution >= 4 is 29.4 Å². The third kappa shape index (κ3) is 4.18. The second kappa shape index (κ2) is 8.35. The molecular formula is C22H28N2O5. The van der Waals surface area contributed by atoms with Gasteiger partial charge in [-0.25, -0.2) is 4.79 Å². The van der Waals surface area contributed by atoms with Gasteiger partial charge in [-0.05, 0) is 57.7 Å². The third-order valence-electron chi connectivity index (χ3n) is 5.92. The van der Waals surface area contributed by atoms with Crippen LogP contribution >= 0.6 is 0 Å². The molecule has 1 saturated carbocycles. The fraction of sp³-hybridized carbons (Fsp3) is 0.545. The summed E-state index contributed by atoms with van der Waals surface area (Å²) in [7, 11) is 0. The number of rotatable bonds is 5. The number of hydrogen-bond donors (Lipinski definition) is 1. The van der Waals surface area contributed by atoms with Crippen LogP contribution in [0.5, 0.6) is 0 Å². The van der Waals surface area contributed by atoms with E-state index >= 15 is 0 Å². The standard InChI is InChI=1S/C22H28N2O5/c1-12-9-10-13(2)18(11-12)23-19(25)15(4)29-22(28)14(3)24-20(26)16-7-5-6-8-17(16)21(24)27/h9-11,14-17H,5-8H2,1-4H3,(H,23,25)/t14-,15-,16-,17-/m0/s1. The van der Waals surface area contributed by atoms with Crippen LogP contribution in [0.2, 0.25) is 0 Å². The predicted molar refractivity (Wildman–Crippen MR) is 107 cm³/mol. The highest BCUT2D eigenvalue weighted by Crippen LogP contribution is 2.39.